The lowest BCUT2D eigenvalue weighted by molar-refractivity contribution is -0.0134. The number of nitrogens with one attached hydrogen (secondary N) is 1. The number of hydrogen-bond acceptors (Lipinski definition) is 3. The average Bonchev–Trinajstić information content (AvgIpc) is 2.79. The van der Waals surface area contributed by atoms with Crippen LogP contribution in [-0.4, -0.2) is 17.3 Å². The van der Waals surface area contributed by atoms with E-state index in [4.69, 9.17) is 4.42 Å². The molecule has 3 heteroatoms. The lowest BCUT2D eigenvalue weighted by Crippen LogP contribution is -2.44. The highest BCUT2D eigenvalue weighted by Gasteiger charge is 2.32. The Hall–Kier alpha value is -0.800. The van der Waals surface area contributed by atoms with Gasteiger partial charge in [-0.05, 0) is 31.7 Å². The Morgan fingerprint density at radius 2 is 2.47 bits per heavy atom. The molecule has 1 aromatic heterocycles. The summed E-state index contributed by atoms with van der Waals surface area (Å²) in [7, 11) is 0. The maximum absolute atomic E-state index is 10.5. The van der Waals surface area contributed by atoms with Crippen LogP contribution in [-0.2, 0) is 0 Å². The van der Waals surface area contributed by atoms with Crippen LogP contribution in [0.1, 0.15) is 51.1 Å². The van der Waals surface area contributed by atoms with E-state index in [1.54, 1.807) is 12.5 Å². The quantitative estimate of drug-likeness (QED) is 0.846. The molecule has 17 heavy (non-hydrogen) atoms. The summed E-state index contributed by atoms with van der Waals surface area (Å²) in [5, 5.41) is 13.9. The lowest BCUT2D eigenvalue weighted by atomic mass is 9.79. The standard InChI is InChI=1S/C14H23NO2/c1-11-4-3-6-14(16,8-11)10-15-12(2)13-5-7-17-9-13/h5,7,9,11-12,15-16H,3-4,6,8,10H2,1-2H3. The predicted octanol–water partition coefficient (Wildman–Crippen LogP) is 2.87. The molecule has 2 rings (SSSR count). The first-order valence-electron chi connectivity index (χ1n) is 6.57. The van der Waals surface area contributed by atoms with Gasteiger partial charge in [-0.1, -0.05) is 19.8 Å². The Kier molecular flexibility index (Phi) is 3.89. The molecule has 3 nitrogen and oxygen atoms in total. The zero-order valence-electron chi connectivity index (χ0n) is 10.8. The van der Waals surface area contributed by atoms with Gasteiger partial charge < -0.3 is 14.8 Å². The minimum absolute atomic E-state index is 0.231. The van der Waals surface area contributed by atoms with Gasteiger partial charge in [0.2, 0.25) is 0 Å². The number of aliphatic hydroxyl groups is 1. The highest BCUT2D eigenvalue weighted by atomic mass is 16.3. The van der Waals surface area contributed by atoms with Crippen molar-refractivity contribution >= 4 is 0 Å². The summed E-state index contributed by atoms with van der Waals surface area (Å²) in [6.07, 6.45) is 7.66. The molecule has 3 unspecified atom stereocenters. The molecule has 1 heterocycles. The van der Waals surface area contributed by atoms with Gasteiger partial charge in [0.25, 0.3) is 0 Å². The summed E-state index contributed by atoms with van der Waals surface area (Å²) in [6.45, 7) is 4.99. The second-order valence-corrected chi connectivity index (χ2v) is 5.59. The van der Waals surface area contributed by atoms with Crippen molar-refractivity contribution < 1.29 is 9.52 Å². The number of furan rings is 1. The van der Waals surface area contributed by atoms with E-state index in [9.17, 15) is 5.11 Å². The van der Waals surface area contributed by atoms with Crippen LogP contribution in [0.15, 0.2) is 23.0 Å². The van der Waals surface area contributed by atoms with Crippen LogP contribution in [0.2, 0.25) is 0 Å². The van der Waals surface area contributed by atoms with Crippen LogP contribution >= 0.6 is 0 Å². The fourth-order valence-corrected chi connectivity index (χ4v) is 2.78. The molecule has 0 amide bonds. The molecule has 1 fully saturated rings. The average molecular weight is 237 g/mol. The molecule has 1 aliphatic carbocycles. The van der Waals surface area contributed by atoms with Crippen LogP contribution in [0.5, 0.6) is 0 Å². The van der Waals surface area contributed by atoms with E-state index in [0.29, 0.717) is 12.5 Å². The third kappa shape index (κ3) is 3.33. The lowest BCUT2D eigenvalue weighted by Gasteiger charge is -2.36. The van der Waals surface area contributed by atoms with Gasteiger partial charge in [-0.2, -0.15) is 0 Å². The van der Waals surface area contributed by atoms with E-state index in [0.717, 1.165) is 24.8 Å². The second-order valence-electron chi connectivity index (χ2n) is 5.59. The van der Waals surface area contributed by atoms with Gasteiger partial charge >= 0.3 is 0 Å². The first kappa shape index (κ1) is 12.7. The zero-order valence-corrected chi connectivity index (χ0v) is 10.8. The van der Waals surface area contributed by atoms with Gasteiger partial charge in [0, 0.05) is 18.2 Å². The fourth-order valence-electron chi connectivity index (χ4n) is 2.78. The van der Waals surface area contributed by atoms with E-state index >= 15 is 0 Å². The maximum atomic E-state index is 10.5. The SMILES string of the molecule is CC1CCCC(O)(CNC(C)c2ccoc2)C1. The third-order valence-corrected chi connectivity index (χ3v) is 3.85. The number of hydrogen-bond donors (Lipinski definition) is 2. The zero-order chi connectivity index (χ0) is 12.3. The van der Waals surface area contributed by atoms with Crippen molar-refractivity contribution in [3.63, 3.8) is 0 Å². The largest absolute Gasteiger partial charge is 0.472 e. The van der Waals surface area contributed by atoms with E-state index in [1.165, 1.54) is 6.42 Å². The van der Waals surface area contributed by atoms with E-state index in [1.807, 2.05) is 6.07 Å². The van der Waals surface area contributed by atoms with Crippen LogP contribution in [0.25, 0.3) is 0 Å². The molecule has 0 spiro atoms. The van der Waals surface area contributed by atoms with E-state index in [2.05, 4.69) is 19.2 Å². The van der Waals surface area contributed by atoms with E-state index < -0.39 is 5.60 Å². The van der Waals surface area contributed by atoms with Crippen LogP contribution in [0, 0.1) is 5.92 Å². The van der Waals surface area contributed by atoms with Crippen LogP contribution in [0.3, 0.4) is 0 Å². The Labute approximate surface area is 103 Å². The van der Waals surface area contributed by atoms with E-state index in [-0.39, 0.29) is 6.04 Å². The van der Waals surface area contributed by atoms with Crippen molar-refractivity contribution in [3.8, 4) is 0 Å². The summed E-state index contributed by atoms with van der Waals surface area (Å²) >= 11 is 0. The first-order valence-corrected chi connectivity index (χ1v) is 6.57. The summed E-state index contributed by atoms with van der Waals surface area (Å²) in [5.41, 5.74) is 0.618. The summed E-state index contributed by atoms with van der Waals surface area (Å²) < 4.78 is 5.07. The van der Waals surface area contributed by atoms with Crippen molar-refractivity contribution in [2.45, 2.75) is 51.2 Å². The Morgan fingerprint density at radius 1 is 1.65 bits per heavy atom. The molecule has 1 saturated carbocycles. The molecular formula is C14H23NO2. The minimum Gasteiger partial charge on any atom is -0.472 e. The second kappa shape index (κ2) is 5.23. The smallest absolute Gasteiger partial charge is 0.0950 e. The molecule has 3 atom stereocenters. The molecule has 0 aromatic carbocycles. The molecule has 2 N–H and O–H groups in total. The highest BCUT2D eigenvalue weighted by Crippen LogP contribution is 2.32. The van der Waals surface area contributed by atoms with Crippen LogP contribution < -0.4 is 5.32 Å². The molecule has 96 valence electrons. The van der Waals surface area contributed by atoms with Gasteiger partial charge in [0.15, 0.2) is 0 Å². The molecular weight excluding hydrogens is 214 g/mol. The van der Waals surface area contributed by atoms with Gasteiger partial charge in [0.05, 0.1) is 18.1 Å². The maximum Gasteiger partial charge on any atom is 0.0950 e. The molecule has 0 saturated heterocycles. The monoisotopic (exact) mass is 237 g/mol. The number of rotatable bonds is 4. The summed E-state index contributed by atoms with van der Waals surface area (Å²) in [6, 6.07) is 2.19. The van der Waals surface area contributed by atoms with Gasteiger partial charge in [0.1, 0.15) is 0 Å². The van der Waals surface area contributed by atoms with Gasteiger partial charge in [-0.3, -0.25) is 0 Å². The normalized spacial score (nSPS) is 31.4. The van der Waals surface area contributed by atoms with Crippen molar-refractivity contribution in [2.75, 3.05) is 6.54 Å². The molecule has 1 aromatic rings. The van der Waals surface area contributed by atoms with Gasteiger partial charge in [-0.15, -0.1) is 0 Å². The van der Waals surface area contributed by atoms with Crippen molar-refractivity contribution in [3.05, 3.63) is 24.2 Å². The predicted molar refractivity (Wildman–Crippen MR) is 67.7 cm³/mol. The first-order chi connectivity index (χ1) is 8.09. The van der Waals surface area contributed by atoms with Crippen molar-refractivity contribution in [1.82, 2.24) is 5.32 Å². The molecule has 0 radical (unpaired) electrons. The van der Waals surface area contributed by atoms with Crippen LogP contribution in [0.4, 0.5) is 0 Å². The molecule has 1 aliphatic rings. The van der Waals surface area contributed by atoms with Crippen molar-refractivity contribution in [2.24, 2.45) is 5.92 Å². The Balaban J connectivity index is 1.84. The Bertz CT molecular complexity index is 336. The van der Waals surface area contributed by atoms with Crippen molar-refractivity contribution in [1.29, 1.82) is 0 Å². The molecule has 0 bridgehead atoms. The third-order valence-electron chi connectivity index (χ3n) is 3.85. The fraction of sp³-hybridized carbons (Fsp3) is 0.714. The summed E-state index contributed by atoms with van der Waals surface area (Å²) in [4.78, 5) is 0. The molecule has 0 aliphatic heterocycles. The topological polar surface area (TPSA) is 45.4 Å². The summed E-state index contributed by atoms with van der Waals surface area (Å²) in [5.74, 6) is 0.639. The minimum atomic E-state index is -0.518. The van der Waals surface area contributed by atoms with Gasteiger partial charge in [-0.25, -0.2) is 0 Å². The highest BCUT2D eigenvalue weighted by molar-refractivity contribution is 5.10. The Morgan fingerprint density at radius 3 is 3.12 bits per heavy atom.